The molecule has 0 unspecified atom stereocenters. The smallest absolute Gasteiger partial charge is 0.387 e. The van der Waals surface area contributed by atoms with Crippen LogP contribution < -0.4 is 14.8 Å². The highest BCUT2D eigenvalue weighted by Gasteiger charge is 2.13. The van der Waals surface area contributed by atoms with Crippen molar-refractivity contribution < 1.29 is 23.0 Å². The minimum absolute atomic E-state index is 0.0806. The maximum atomic E-state index is 12.4. The molecule has 0 fully saturated rings. The summed E-state index contributed by atoms with van der Waals surface area (Å²) in [7, 11) is 3.27. The van der Waals surface area contributed by atoms with Gasteiger partial charge in [-0.25, -0.2) is 0 Å². The summed E-state index contributed by atoms with van der Waals surface area (Å²) < 4.78 is 34.7. The van der Waals surface area contributed by atoms with Crippen LogP contribution >= 0.6 is 23.1 Å². The van der Waals surface area contributed by atoms with Gasteiger partial charge >= 0.3 is 6.61 Å². The van der Waals surface area contributed by atoms with E-state index in [9.17, 15) is 13.6 Å². The Bertz CT molecular complexity index is 1000. The second kappa shape index (κ2) is 10.9. The summed E-state index contributed by atoms with van der Waals surface area (Å²) in [5.74, 6) is 0.883. The Balaban J connectivity index is 1.49. The molecule has 0 bridgehead atoms. The van der Waals surface area contributed by atoms with Crippen molar-refractivity contribution in [2.75, 3.05) is 25.2 Å². The van der Waals surface area contributed by atoms with Gasteiger partial charge in [-0.05, 0) is 29.8 Å². The number of hydrogen-bond acceptors (Lipinski definition) is 8. The molecule has 0 saturated carbocycles. The summed E-state index contributed by atoms with van der Waals surface area (Å²) in [6.07, 6.45) is 0. The van der Waals surface area contributed by atoms with Crippen molar-refractivity contribution >= 4 is 39.8 Å². The fourth-order valence-electron chi connectivity index (χ4n) is 2.55. The van der Waals surface area contributed by atoms with E-state index < -0.39 is 6.61 Å². The number of thioether (sulfide) groups is 1. The Hall–Kier alpha value is -2.92. The van der Waals surface area contributed by atoms with Crippen LogP contribution in [0.4, 0.5) is 19.6 Å². The third-order valence-corrected chi connectivity index (χ3v) is 6.02. The van der Waals surface area contributed by atoms with Crippen LogP contribution in [-0.2, 0) is 11.3 Å². The van der Waals surface area contributed by atoms with E-state index in [0.717, 1.165) is 11.3 Å². The minimum atomic E-state index is -2.86. The fraction of sp³-hybridized carbons (Fsp3) is 0.250. The number of halogens is 2. The quantitative estimate of drug-likeness (QED) is 0.436. The number of nitrogens with one attached hydrogen (secondary N) is 1. The standard InChI is InChI=1S/C20H20F2N4O3S2/c1-26(11-13-7-9-14(10-8-13)29-18(21)22)17(27)12-30-20-25-24-19(31-20)23-15-5-3-4-6-16(15)28-2/h3-10,18H,11-12H2,1-2H3,(H,23,24). The maximum absolute atomic E-state index is 12.4. The van der Waals surface area contributed by atoms with Gasteiger partial charge in [0.1, 0.15) is 11.5 Å². The van der Waals surface area contributed by atoms with Crippen LogP contribution in [0.5, 0.6) is 11.5 Å². The molecule has 31 heavy (non-hydrogen) atoms. The molecule has 0 spiro atoms. The molecule has 0 aliphatic carbocycles. The van der Waals surface area contributed by atoms with Crippen LogP contribution in [0.1, 0.15) is 5.56 Å². The highest BCUT2D eigenvalue weighted by Crippen LogP contribution is 2.31. The number of amides is 1. The number of carbonyl (C=O) groups is 1. The number of hydrogen-bond donors (Lipinski definition) is 1. The first-order chi connectivity index (χ1) is 14.9. The lowest BCUT2D eigenvalue weighted by Crippen LogP contribution is -2.27. The molecule has 3 aromatic rings. The molecule has 164 valence electrons. The third kappa shape index (κ3) is 6.79. The van der Waals surface area contributed by atoms with E-state index >= 15 is 0 Å². The molecule has 7 nitrogen and oxygen atoms in total. The zero-order chi connectivity index (χ0) is 22.2. The lowest BCUT2D eigenvalue weighted by atomic mass is 10.2. The largest absolute Gasteiger partial charge is 0.495 e. The first-order valence-corrected chi connectivity index (χ1v) is 10.9. The molecule has 0 aliphatic heterocycles. The van der Waals surface area contributed by atoms with Gasteiger partial charge in [0.15, 0.2) is 4.34 Å². The number of alkyl halides is 2. The fourth-order valence-corrected chi connectivity index (χ4v) is 4.26. The van der Waals surface area contributed by atoms with E-state index in [1.807, 2.05) is 24.3 Å². The van der Waals surface area contributed by atoms with Gasteiger partial charge in [0.25, 0.3) is 0 Å². The van der Waals surface area contributed by atoms with Crippen molar-refractivity contribution in [3.63, 3.8) is 0 Å². The zero-order valence-corrected chi connectivity index (χ0v) is 18.4. The maximum Gasteiger partial charge on any atom is 0.387 e. The molecule has 0 atom stereocenters. The molecule has 1 amide bonds. The number of benzene rings is 2. The Morgan fingerprint density at radius 1 is 1.19 bits per heavy atom. The van der Waals surface area contributed by atoms with Crippen LogP contribution in [0.15, 0.2) is 52.9 Å². The van der Waals surface area contributed by atoms with E-state index in [4.69, 9.17) is 4.74 Å². The van der Waals surface area contributed by atoms with Crippen LogP contribution in [0, 0.1) is 0 Å². The predicted molar refractivity (Wildman–Crippen MR) is 116 cm³/mol. The Morgan fingerprint density at radius 3 is 2.65 bits per heavy atom. The second-order valence-corrected chi connectivity index (χ2v) is 8.46. The highest BCUT2D eigenvalue weighted by atomic mass is 32.2. The number of nitrogens with zero attached hydrogens (tertiary/aromatic N) is 3. The molecule has 0 aliphatic rings. The van der Waals surface area contributed by atoms with Gasteiger partial charge in [-0.1, -0.05) is 47.4 Å². The minimum Gasteiger partial charge on any atom is -0.495 e. The van der Waals surface area contributed by atoms with Gasteiger partial charge in [-0.2, -0.15) is 8.78 Å². The lowest BCUT2D eigenvalue weighted by Gasteiger charge is -2.17. The number of para-hydroxylation sites is 2. The average Bonchev–Trinajstić information content (AvgIpc) is 3.20. The van der Waals surface area contributed by atoms with E-state index in [-0.39, 0.29) is 17.4 Å². The normalized spacial score (nSPS) is 10.7. The van der Waals surface area contributed by atoms with Gasteiger partial charge in [0, 0.05) is 13.6 Å². The Morgan fingerprint density at radius 2 is 1.94 bits per heavy atom. The van der Waals surface area contributed by atoms with Crippen molar-refractivity contribution in [1.29, 1.82) is 0 Å². The van der Waals surface area contributed by atoms with Crippen molar-refractivity contribution in [2.24, 2.45) is 0 Å². The molecular formula is C20H20F2N4O3S2. The van der Waals surface area contributed by atoms with Crippen molar-refractivity contribution in [1.82, 2.24) is 15.1 Å². The number of anilines is 2. The molecule has 2 aromatic carbocycles. The number of rotatable bonds is 10. The molecule has 0 radical (unpaired) electrons. The predicted octanol–water partition coefficient (Wildman–Crippen LogP) is 4.64. The highest BCUT2D eigenvalue weighted by molar-refractivity contribution is 8.01. The van der Waals surface area contributed by atoms with Crippen LogP contribution in [-0.4, -0.2) is 47.5 Å². The molecule has 0 saturated heterocycles. The monoisotopic (exact) mass is 466 g/mol. The summed E-state index contributed by atoms with van der Waals surface area (Å²) in [5.41, 5.74) is 1.58. The molecule has 1 N–H and O–H groups in total. The van der Waals surface area contributed by atoms with Crippen molar-refractivity contribution in [2.45, 2.75) is 17.5 Å². The average molecular weight is 467 g/mol. The molecular weight excluding hydrogens is 446 g/mol. The summed E-state index contributed by atoms with van der Waals surface area (Å²) in [5, 5.41) is 11.9. The van der Waals surface area contributed by atoms with E-state index in [0.29, 0.717) is 21.8 Å². The van der Waals surface area contributed by atoms with E-state index in [2.05, 4.69) is 20.3 Å². The molecule has 1 heterocycles. The summed E-state index contributed by atoms with van der Waals surface area (Å²) >= 11 is 2.64. The Labute approximate surface area is 186 Å². The van der Waals surface area contributed by atoms with Gasteiger partial charge in [-0.15, -0.1) is 10.2 Å². The van der Waals surface area contributed by atoms with Gasteiger partial charge in [0.05, 0.1) is 18.6 Å². The summed E-state index contributed by atoms with van der Waals surface area (Å²) in [6.45, 7) is -2.51. The SMILES string of the molecule is COc1ccccc1Nc1nnc(SCC(=O)N(C)Cc2ccc(OC(F)F)cc2)s1. The first-order valence-electron chi connectivity index (χ1n) is 9.08. The third-order valence-electron chi connectivity index (χ3n) is 4.07. The van der Waals surface area contributed by atoms with Crippen LogP contribution in [0.25, 0.3) is 0 Å². The van der Waals surface area contributed by atoms with Gasteiger partial charge < -0.3 is 19.7 Å². The molecule has 3 rings (SSSR count). The number of ether oxygens (including phenoxy) is 2. The number of methoxy groups -OCH3 is 1. The number of carbonyl (C=O) groups excluding carboxylic acids is 1. The first kappa shape index (κ1) is 22.8. The summed E-state index contributed by atoms with van der Waals surface area (Å²) in [4.78, 5) is 14.0. The van der Waals surface area contributed by atoms with Crippen molar-refractivity contribution in [3.8, 4) is 11.5 Å². The van der Waals surface area contributed by atoms with Gasteiger partial charge in [0.2, 0.25) is 11.0 Å². The van der Waals surface area contributed by atoms with Crippen molar-refractivity contribution in [3.05, 3.63) is 54.1 Å². The Kier molecular flexibility index (Phi) is 8.01. The zero-order valence-electron chi connectivity index (χ0n) is 16.7. The van der Waals surface area contributed by atoms with E-state index in [1.165, 1.54) is 35.2 Å². The van der Waals surface area contributed by atoms with Crippen LogP contribution in [0.3, 0.4) is 0 Å². The molecule has 1 aromatic heterocycles. The number of aromatic nitrogens is 2. The topological polar surface area (TPSA) is 76.6 Å². The molecule has 11 heteroatoms. The van der Waals surface area contributed by atoms with E-state index in [1.54, 1.807) is 31.2 Å². The second-order valence-electron chi connectivity index (χ2n) is 6.26. The van der Waals surface area contributed by atoms with Crippen LogP contribution in [0.2, 0.25) is 0 Å². The van der Waals surface area contributed by atoms with Gasteiger partial charge in [-0.3, -0.25) is 4.79 Å². The lowest BCUT2D eigenvalue weighted by molar-refractivity contribution is -0.127. The summed E-state index contributed by atoms with van der Waals surface area (Å²) in [6, 6.07) is 13.7.